The Kier molecular flexibility index (Phi) is 4.30. The van der Waals surface area contributed by atoms with E-state index in [-0.39, 0.29) is 5.91 Å². The molecule has 0 saturated carbocycles. The van der Waals surface area contributed by atoms with Crippen LogP contribution in [-0.4, -0.2) is 22.6 Å². The molecule has 0 aliphatic heterocycles. The highest BCUT2D eigenvalue weighted by atomic mass is 32.1. The zero-order valence-electron chi connectivity index (χ0n) is 8.86. The van der Waals surface area contributed by atoms with Crippen LogP contribution in [0.3, 0.4) is 0 Å². The molecule has 0 bridgehead atoms. The van der Waals surface area contributed by atoms with Gasteiger partial charge in [-0.05, 0) is 18.7 Å². The summed E-state index contributed by atoms with van der Waals surface area (Å²) >= 11 is 3.95. The molecule has 0 spiro atoms. The molecule has 0 fully saturated rings. The van der Waals surface area contributed by atoms with Gasteiger partial charge in [-0.2, -0.15) is 12.6 Å². The number of nitrogens with one attached hydrogen (secondary N) is 1. The molecule has 0 saturated heterocycles. The van der Waals surface area contributed by atoms with Gasteiger partial charge in [-0.3, -0.25) is 14.6 Å². The van der Waals surface area contributed by atoms with E-state index in [9.17, 15) is 9.59 Å². The summed E-state index contributed by atoms with van der Waals surface area (Å²) in [5.74, 6) is -0.264. The standard InChI is InChI=1S/C10H13N3O2S/c1-6-8(10(11)15)4-7(5-12-6)13-9(14)2-3-16/h4-5,16H,2-3H2,1H3,(H2,11,15)(H,13,14). The Morgan fingerprint density at radius 2 is 2.25 bits per heavy atom. The fourth-order valence-corrected chi connectivity index (χ4v) is 1.38. The average molecular weight is 239 g/mol. The molecule has 86 valence electrons. The normalized spacial score (nSPS) is 9.88. The number of nitrogens with zero attached hydrogens (tertiary/aromatic N) is 1. The Morgan fingerprint density at radius 3 is 2.81 bits per heavy atom. The third-order valence-electron chi connectivity index (χ3n) is 1.97. The number of hydrogen-bond donors (Lipinski definition) is 3. The first-order valence-corrected chi connectivity index (χ1v) is 5.35. The first-order chi connectivity index (χ1) is 7.54. The third kappa shape index (κ3) is 3.23. The SMILES string of the molecule is Cc1ncc(NC(=O)CCS)cc1C(N)=O. The highest BCUT2D eigenvalue weighted by molar-refractivity contribution is 7.80. The molecule has 16 heavy (non-hydrogen) atoms. The number of pyridine rings is 1. The smallest absolute Gasteiger partial charge is 0.250 e. The number of primary amides is 1. The summed E-state index contributed by atoms with van der Waals surface area (Å²) in [7, 11) is 0. The quantitative estimate of drug-likeness (QED) is 0.678. The van der Waals surface area contributed by atoms with Crippen LogP contribution in [0.5, 0.6) is 0 Å². The van der Waals surface area contributed by atoms with E-state index in [1.807, 2.05) is 0 Å². The van der Waals surface area contributed by atoms with Gasteiger partial charge in [0.25, 0.3) is 5.91 Å². The number of aromatic nitrogens is 1. The number of hydrogen-bond acceptors (Lipinski definition) is 4. The molecule has 0 aliphatic carbocycles. The highest BCUT2D eigenvalue weighted by Gasteiger charge is 2.08. The number of aryl methyl sites for hydroxylation is 1. The van der Waals surface area contributed by atoms with Gasteiger partial charge in [0.15, 0.2) is 0 Å². The van der Waals surface area contributed by atoms with Crippen LogP contribution in [0, 0.1) is 6.92 Å². The third-order valence-corrected chi connectivity index (χ3v) is 2.20. The molecule has 6 heteroatoms. The number of nitrogens with two attached hydrogens (primary N) is 1. The number of anilines is 1. The van der Waals surface area contributed by atoms with E-state index >= 15 is 0 Å². The minimum absolute atomic E-state index is 0.170. The molecule has 1 aromatic heterocycles. The van der Waals surface area contributed by atoms with Crippen molar-refractivity contribution in [2.24, 2.45) is 5.73 Å². The Balaban J connectivity index is 2.87. The summed E-state index contributed by atoms with van der Waals surface area (Å²) in [4.78, 5) is 26.3. The maximum absolute atomic E-state index is 11.3. The highest BCUT2D eigenvalue weighted by Crippen LogP contribution is 2.12. The zero-order valence-corrected chi connectivity index (χ0v) is 9.75. The second-order valence-corrected chi connectivity index (χ2v) is 3.69. The maximum atomic E-state index is 11.3. The van der Waals surface area contributed by atoms with Gasteiger partial charge < -0.3 is 11.1 Å². The maximum Gasteiger partial charge on any atom is 0.250 e. The van der Waals surface area contributed by atoms with Crippen molar-refractivity contribution >= 4 is 30.1 Å². The molecule has 3 N–H and O–H groups in total. The van der Waals surface area contributed by atoms with Crippen LogP contribution in [-0.2, 0) is 4.79 Å². The topological polar surface area (TPSA) is 85.1 Å². The largest absolute Gasteiger partial charge is 0.366 e. The predicted octanol–water partition coefficient (Wildman–Crippen LogP) is 0.747. The lowest BCUT2D eigenvalue weighted by atomic mass is 10.2. The first kappa shape index (κ1) is 12.5. The van der Waals surface area contributed by atoms with Crippen LogP contribution in [0.2, 0.25) is 0 Å². The summed E-state index contributed by atoms with van der Waals surface area (Å²) in [5.41, 5.74) is 6.48. The molecule has 0 aliphatic rings. The minimum Gasteiger partial charge on any atom is -0.366 e. The van der Waals surface area contributed by atoms with E-state index in [2.05, 4.69) is 22.9 Å². The predicted molar refractivity (Wildman–Crippen MR) is 64.6 cm³/mol. The lowest BCUT2D eigenvalue weighted by Crippen LogP contribution is -2.16. The lowest BCUT2D eigenvalue weighted by Gasteiger charge is -2.06. The van der Waals surface area contributed by atoms with Crippen molar-refractivity contribution in [3.63, 3.8) is 0 Å². The Labute approximate surface area is 98.8 Å². The Bertz CT molecular complexity index is 421. The molecule has 1 rings (SSSR count). The summed E-state index contributed by atoms with van der Waals surface area (Å²) in [6.45, 7) is 1.68. The molecule has 0 atom stereocenters. The van der Waals surface area contributed by atoms with Crippen LogP contribution >= 0.6 is 12.6 Å². The van der Waals surface area contributed by atoms with Crippen molar-refractivity contribution in [2.45, 2.75) is 13.3 Å². The molecule has 0 unspecified atom stereocenters. The Hall–Kier alpha value is -1.56. The average Bonchev–Trinajstić information content (AvgIpc) is 2.21. The van der Waals surface area contributed by atoms with Crippen LogP contribution in [0.15, 0.2) is 12.3 Å². The van der Waals surface area contributed by atoms with E-state index in [0.29, 0.717) is 29.1 Å². The van der Waals surface area contributed by atoms with E-state index in [4.69, 9.17) is 5.73 Å². The van der Waals surface area contributed by atoms with E-state index in [0.717, 1.165) is 0 Å². The van der Waals surface area contributed by atoms with Gasteiger partial charge in [0.1, 0.15) is 0 Å². The van der Waals surface area contributed by atoms with Gasteiger partial charge in [-0.1, -0.05) is 0 Å². The minimum atomic E-state index is -0.560. The van der Waals surface area contributed by atoms with Crippen molar-refractivity contribution in [3.05, 3.63) is 23.5 Å². The van der Waals surface area contributed by atoms with Gasteiger partial charge in [0, 0.05) is 6.42 Å². The molecular formula is C10H13N3O2S. The van der Waals surface area contributed by atoms with Crippen LogP contribution in [0.4, 0.5) is 5.69 Å². The van der Waals surface area contributed by atoms with Crippen LogP contribution in [0.1, 0.15) is 22.5 Å². The molecule has 5 nitrogen and oxygen atoms in total. The molecule has 2 amide bonds. The van der Waals surface area contributed by atoms with E-state index in [1.54, 1.807) is 6.92 Å². The van der Waals surface area contributed by atoms with E-state index < -0.39 is 5.91 Å². The van der Waals surface area contributed by atoms with Crippen molar-refractivity contribution in [2.75, 3.05) is 11.1 Å². The zero-order chi connectivity index (χ0) is 12.1. The number of carbonyl (C=O) groups excluding carboxylic acids is 2. The van der Waals surface area contributed by atoms with Crippen LogP contribution < -0.4 is 11.1 Å². The Morgan fingerprint density at radius 1 is 1.56 bits per heavy atom. The molecule has 1 heterocycles. The van der Waals surface area contributed by atoms with E-state index in [1.165, 1.54) is 12.3 Å². The van der Waals surface area contributed by atoms with Gasteiger partial charge in [0.2, 0.25) is 5.91 Å². The number of rotatable bonds is 4. The summed E-state index contributed by atoms with van der Waals surface area (Å²) in [6, 6.07) is 1.51. The fraction of sp³-hybridized carbons (Fsp3) is 0.300. The van der Waals surface area contributed by atoms with Gasteiger partial charge in [-0.15, -0.1) is 0 Å². The summed E-state index contributed by atoms with van der Waals surface area (Å²) in [6.07, 6.45) is 1.79. The fourth-order valence-electron chi connectivity index (χ4n) is 1.18. The number of carbonyl (C=O) groups is 2. The summed E-state index contributed by atoms with van der Waals surface area (Å²) in [5, 5.41) is 2.61. The second-order valence-electron chi connectivity index (χ2n) is 3.24. The molecular weight excluding hydrogens is 226 g/mol. The molecule has 1 aromatic rings. The van der Waals surface area contributed by atoms with Crippen LogP contribution in [0.25, 0.3) is 0 Å². The molecule has 0 aromatic carbocycles. The van der Waals surface area contributed by atoms with Crippen molar-refractivity contribution in [3.8, 4) is 0 Å². The summed E-state index contributed by atoms with van der Waals surface area (Å²) < 4.78 is 0. The number of amides is 2. The number of thiol groups is 1. The first-order valence-electron chi connectivity index (χ1n) is 4.71. The van der Waals surface area contributed by atoms with Gasteiger partial charge in [0.05, 0.1) is 23.1 Å². The van der Waals surface area contributed by atoms with Crippen molar-refractivity contribution in [1.82, 2.24) is 4.98 Å². The van der Waals surface area contributed by atoms with Gasteiger partial charge >= 0.3 is 0 Å². The second kappa shape index (κ2) is 5.50. The molecule has 0 radical (unpaired) electrons. The van der Waals surface area contributed by atoms with Crippen molar-refractivity contribution in [1.29, 1.82) is 0 Å². The monoisotopic (exact) mass is 239 g/mol. The van der Waals surface area contributed by atoms with Crippen molar-refractivity contribution < 1.29 is 9.59 Å². The van der Waals surface area contributed by atoms with Gasteiger partial charge in [-0.25, -0.2) is 0 Å². The lowest BCUT2D eigenvalue weighted by molar-refractivity contribution is -0.115.